The summed E-state index contributed by atoms with van der Waals surface area (Å²) in [6.45, 7) is 1.92. The van der Waals surface area contributed by atoms with Gasteiger partial charge < -0.3 is 15.7 Å². The number of nitrogens with zero attached hydrogens (tertiary/aromatic N) is 2. The van der Waals surface area contributed by atoms with Crippen molar-refractivity contribution in [3.63, 3.8) is 0 Å². The van der Waals surface area contributed by atoms with Crippen LogP contribution in [0.3, 0.4) is 0 Å². The molecule has 0 radical (unpaired) electrons. The Morgan fingerprint density at radius 2 is 2.00 bits per heavy atom. The maximum Gasteiger partial charge on any atom is 0.335 e. The van der Waals surface area contributed by atoms with Gasteiger partial charge in [0.25, 0.3) is 0 Å². The number of benzene rings is 1. The van der Waals surface area contributed by atoms with Crippen LogP contribution in [0.25, 0.3) is 0 Å². The summed E-state index contributed by atoms with van der Waals surface area (Å²) in [6, 6.07) is 8.95. The third-order valence-electron chi connectivity index (χ3n) is 3.92. The van der Waals surface area contributed by atoms with Crippen molar-refractivity contribution in [2.75, 3.05) is 10.6 Å². The molecule has 3 rings (SSSR count). The highest BCUT2D eigenvalue weighted by Gasteiger charge is 2.16. The summed E-state index contributed by atoms with van der Waals surface area (Å²) < 4.78 is 0. The maximum absolute atomic E-state index is 11.0. The summed E-state index contributed by atoms with van der Waals surface area (Å²) in [5, 5.41) is 15.6. The third-order valence-corrected chi connectivity index (χ3v) is 3.92. The first-order chi connectivity index (χ1) is 11.1. The van der Waals surface area contributed by atoms with E-state index in [2.05, 4.69) is 20.6 Å². The number of carboxylic acid groups (broad SMARTS) is 1. The molecule has 0 aliphatic heterocycles. The van der Waals surface area contributed by atoms with Crippen LogP contribution in [0.4, 0.5) is 17.5 Å². The van der Waals surface area contributed by atoms with Crippen molar-refractivity contribution in [2.24, 2.45) is 0 Å². The predicted molar refractivity (Wildman–Crippen MR) is 89.3 cm³/mol. The number of carbonyl (C=O) groups is 1. The topological polar surface area (TPSA) is 87.1 Å². The van der Waals surface area contributed by atoms with Gasteiger partial charge in [0, 0.05) is 23.5 Å². The molecule has 0 bridgehead atoms. The van der Waals surface area contributed by atoms with Crippen molar-refractivity contribution in [3.8, 4) is 0 Å². The highest BCUT2D eigenvalue weighted by Crippen LogP contribution is 2.22. The van der Waals surface area contributed by atoms with E-state index in [0.717, 1.165) is 18.5 Å². The monoisotopic (exact) mass is 312 g/mol. The molecule has 1 fully saturated rings. The number of hydrogen-bond acceptors (Lipinski definition) is 5. The van der Waals surface area contributed by atoms with Crippen LogP contribution in [-0.4, -0.2) is 27.1 Å². The lowest BCUT2D eigenvalue weighted by Crippen LogP contribution is -2.17. The lowest BCUT2D eigenvalue weighted by molar-refractivity contribution is 0.0697. The van der Waals surface area contributed by atoms with Gasteiger partial charge in [-0.3, -0.25) is 0 Å². The minimum atomic E-state index is -0.948. The number of aromatic carboxylic acids is 1. The number of aryl methyl sites for hydroxylation is 1. The predicted octanol–water partition coefficient (Wildman–Crippen LogP) is 3.58. The molecule has 0 amide bonds. The van der Waals surface area contributed by atoms with Crippen LogP contribution < -0.4 is 10.6 Å². The molecule has 120 valence electrons. The highest BCUT2D eigenvalue weighted by molar-refractivity contribution is 5.89. The highest BCUT2D eigenvalue weighted by atomic mass is 16.4. The molecule has 0 spiro atoms. The third kappa shape index (κ3) is 3.97. The Kier molecular flexibility index (Phi) is 4.41. The number of anilines is 3. The molecule has 23 heavy (non-hydrogen) atoms. The van der Waals surface area contributed by atoms with Crippen LogP contribution >= 0.6 is 0 Å². The standard InChI is InChI=1S/C17H20N4O2/c1-11-9-15(19-14-8-4-5-12(10-14)16(22)23)21-17(18-11)20-13-6-2-3-7-13/h4-5,8-10,13H,2-3,6-7H2,1H3,(H,22,23)(H2,18,19,20,21). The molecule has 1 aromatic heterocycles. The van der Waals surface area contributed by atoms with Crippen LogP contribution in [0.5, 0.6) is 0 Å². The van der Waals surface area contributed by atoms with E-state index < -0.39 is 5.97 Å². The average molecular weight is 312 g/mol. The van der Waals surface area contributed by atoms with Crippen molar-refractivity contribution in [1.82, 2.24) is 9.97 Å². The SMILES string of the molecule is Cc1cc(Nc2cccc(C(=O)O)c2)nc(NC2CCCC2)n1. The van der Waals surface area contributed by atoms with Gasteiger partial charge in [-0.2, -0.15) is 4.98 Å². The zero-order valence-electron chi connectivity index (χ0n) is 13.0. The molecule has 6 nitrogen and oxygen atoms in total. The van der Waals surface area contributed by atoms with E-state index in [9.17, 15) is 4.79 Å². The van der Waals surface area contributed by atoms with Crippen molar-refractivity contribution in [3.05, 3.63) is 41.6 Å². The molecule has 0 atom stereocenters. The maximum atomic E-state index is 11.0. The lowest BCUT2D eigenvalue weighted by Gasteiger charge is -2.14. The van der Waals surface area contributed by atoms with Gasteiger partial charge in [0.2, 0.25) is 5.95 Å². The molecule has 3 N–H and O–H groups in total. The fourth-order valence-corrected chi connectivity index (χ4v) is 2.83. The Hall–Kier alpha value is -2.63. The van der Waals surface area contributed by atoms with Gasteiger partial charge in [-0.05, 0) is 38.0 Å². The molecule has 2 aromatic rings. The smallest absolute Gasteiger partial charge is 0.335 e. The fourth-order valence-electron chi connectivity index (χ4n) is 2.83. The van der Waals surface area contributed by atoms with E-state index in [0.29, 0.717) is 23.5 Å². The summed E-state index contributed by atoms with van der Waals surface area (Å²) in [6.07, 6.45) is 4.80. The van der Waals surface area contributed by atoms with Gasteiger partial charge in [0.1, 0.15) is 5.82 Å². The van der Waals surface area contributed by atoms with E-state index in [1.165, 1.54) is 12.8 Å². The van der Waals surface area contributed by atoms with Crippen LogP contribution in [0.2, 0.25) is 0 Å². The minimum absolute atomic E-state index is 0.241. The molecular weight excluding hydrogens is 292 g/mol. The first kappa shape index (κ1) is 15.3. The van der Waals surface area contributed by atoms with E-state index >= 15 is 0 Å². The number of carboxylic acids is 1. The number of hydrogen-bond donors (Lipinski definition) is 3. The Morgan fingerprint density at radius 1 is 1.22 bits per heavy atom. The van der Waals surface area contributed by atoms with Gasteiger partial charge in [-0.15, -0.1) is 0 Å². The number of aromatic nitrogens is 2. The van der Waals surface area contributed by atoms with Gasteiger partial charge in [0.05, 0.1) is 5.56 Å². The Bertz CT molecular complexity index is 711. The molecule has 1 saturated carbocycles. The first-order valence-corrected chi connectivity index (χ1v) is 7.83. The molecular formula is C17H20N4O2. The zero-order chi connectivity index (χ0) is 16.2. The Labute approximate surface area is 135 Å². The molecule has 0 saturated heterocycles. The lowest BCUT2D eigenvalue weighted by atomic mass is 10.2. The number of nitrogens with one attached hydrogen (secondary N) is 2. The molecule has 1 aliphatic carbocycles. The van der Waals surface area contributed by atoms with Gasteiger partial charge in [0.15, 0.2) is 0 Å². The van der Waals surface area contributed by atoms with Crippen molar-refractivity contribution < 1.29 is 9.90 Å². The second-order valence-corrected chi connectivity index (χ2v) is 5.85. The summed E-state index contributed by atoms with van der Waals surface area (Å²) in [7, 11) is 0. The van der Waals surface area contributed by atoms with Crippen molar-refractivity contribution >= 4 is 23.4 Å². The van der Waals surface area contributed by atoms with Gasteiger partial charge >= 0.3 is 5.97 Å². The Morgan fingerprint density at radius 3 is 2.74 bits per heavy atom. The molecule has 1 aliphatic rings. The summed E-state index contributed by atoms with van der Waals surface area (Å²) in [4.78, 5) is 20.0. The zero-order valence-corrected chi connectivity index (χ0v) is 13.0. The molecule has 1 heterocycles. The van der Waals surface area contributed by atoms with E-state index in [1.807, 2.05) is 19.1 Å². The van der Waals surface area contributed by atoms with Crippen LogP contribution in [0.1, 0.15) is 41.7 Å². The fraction of sp³-hybridized carbons (Fsp3) is 0.353. The average Bonchev–Trinajstić information content (AvgIpc) is 2.99. The normalized spacial score (nSPS) is 14.7. The summed E-state index contributed by atoms with van der Waals surface area (Å²) >= 11 is 0. The summed E-state index contributed by atoms with van der Waals surface area (Å²) in [5.41, 5.74) is 1.79. The van der Waals surface area contributed by atoms with Crippen molar-refractivity contribution in [2.45, 2.75) is 38.6 Å². The molecule has 6 heteroatoms. The summed E-state index contributed by atoms with van der Waals surface area (Å²) in [5.74, 6) is 0.324. The second kappa shape index (κ2) is 6.64. The van der Waals surface area contributed by atoms with E-state index in [1.54, 1.807) is 18.2 Å². The van der Waals surface area contributed by atoms with Crippen molar-refractivity contribution in [1.29, 1.82) is 0 Å². The van der Waals surface area contributed by atoms with E-state index in [-0.39, 0.29) is 5.56 Å². The van der Waals surface area contributed by atoms with Crippen LogP contribution in [-0.2, 0) is 0 Å². The van der Waals surface area contributed by atoms with Crippen LogP contribution in [0.15, 0.2) is 30.3 Å². The van der Waals surface area contributed by atoms with Crippen LogP contribution in [0, 0.1) is 6.92 Å². The largest absolute Gasteiger partial charge is 0.478 e. The minimum Gasteiger partial charge on any atom is -0.478 e. The number of rotatable bonds is 5. The second-order valence-electron chi connectivity index (χ2n) is 5.85. The molecule has 1 aromatic carbocycles. The van der Waals surface area contributed by atoms with Gasteiger partial charge in [-0.25, -0.2) is 9.78 Å². The first-order valence-electron chi connectivity index (χ1n) is 7.83. The van der Waals surface area contributed by atoms with E-state index in [4.69, 9.17) is 5.11 Å². The Balaban J connectivity index is 1.78. The quantitative estimate of drug-likeness (QED) is 0.782. The molecule has 0 unspecified atom stereocenters. The van der Waals surface area contributed by atoms with Gasteiger partial charge in [-0.1, -0.05) is 18.9 Å².